The lowest BCUT2D eigenvalue weighted by Gasteiger charge is -2.21. The van der Waals surface area contributed by atoms with Crippen LogP contribution >= 0.6 is 22.6 Å². The molecule has 1 aliphatic rings. The molecular formula is C31H35IO8S. The van der Waals surface area contributed by atoms with Crippen LogP contribution < -0.4 is 14.2 Å². The predicted molar refractivity (Wildman–Crippen MR) is 166 cm³/mol. The molecule has 1 heterocycles. The third kappa shape index (κ3) is 7.92. The van der Waals surface area contributed by atoms with Gasteiger partial charge in [0.15, 0.2) is 0 Å². The Morgan fingerprint density at radius 1 is 1.15 bits per heavy atom. The first kappa shape index (κ1) is 31.1. The van der Waals surface area contributed by atoms with Gasteiger partial charge in [-0.15, -0.1) is 0 Å². The first-order valence-electron chi connectivity index (χ1n) is 13.3. The van der Waals surface area contributed by atoms with Crippen molar-refractivity contribution in [1.29, 1.82) is 0 Å². The van der Waals surface area contributed by atoms with Crippen molar-refractivity contribution in [3.05, 3.63) is 74.4 Å². The lowest BCUT2D eigenvalue weighted by Crippen LogP contribution is -2.13. The zero-order valence-corrected chi connectivity index (χ0v) is 26.6. The number of aryl methyl sites for hydroxylation is 2. The number of methoxy groups -OCH3 is 1. The molecule has 0 amide bonds. The number of fused-ring (bicyclic) bond motifs is 1. The van der Waals surface area contributed by atoms with E-state index in [9.17, 15) is 18.3 Å². The van der Waals surface area contributed by atoms with Gasteiger partial charge < -0.3 is 24.1 Å². The number of carbonyl (C=O) groups excluding carboxylic acids is 1. The van der Waals surface area contributed by atoms with Crippen molar-refractivity contribution in [3.63, 3.8) is 0 Å². The van der Waals surface area contributed by atoms with Crippen LogP contribution in [-0.4, -0.2) is 58.4 Å². The number of aliphatic hydroxyl groups is 1. The minimum Gasteiger partial charge on any atom is -0.494 e. The Morgan fingerprint density at radius 2 is 1.88 bits per heavy atom. The summed E-state index contributed by atoms with van der Waals surface area (Å²) in [5.41, 5.74) is 5.86. The first-order chi connectivity index (χ1) is 19.5. The average Bonchev–Trinajstić information content (AvgIpc) is 3.29. The molecule has 220 valence electrons. The maximum Gasteiger partial charge on any atom is 0.306 e. The largest absolute Gasteiger partial charge is 0.494 e. The average molecular weight is 695 g/mol. The molecule has 0 saturated heterocycles. The monoisotopic (exact) mass is 694 g/mol. The molecule has 2 atom stereocenters. The molecule has 3 aromatic carbocycles. The van der Waals surface area contributed by atoms with Crippen LogP contribution in [0.25, 0.3) is 11.1 Å². The van der Waals surface area contributed by atoms with Crippen LogP contribution in [0.5, 0.6) is 17.2 Å². The highest BCUT2D eigenvalue weighted by molar-refractivity contribution is 14.1. The summed E-state index contributed by atoms with van der Waals surface area (Å²) in [6, 6.07) is 15.6. The Kier molecular flexibility index (Phi) is 10.2. The van der Waals surface area contributed by atoms with Crippen LogP contribution in [0.4, 0.5) is 0 Å². The van der Waals surface area contributed by atoms with Gasteiger partial charge in [-0.1, -0.05) is 18.2 Å². The van der Waals surface area contributed by atoms with Gasteiger partial charge in [-0.3, -0.25) is 4.79 Å². The number of esters is 1. The van der Waals surface area contributed by atoms with E-state index in [1.807, 2.05) is 62.4 Å². The van der Waals surface area contributed by atoms with Crippen LogP contribution in [-0.2, 0) is 19.4 Å². The molecule has 0 spiro atoms. The maximum absolute atomic E-state index is 11.8. The highest BCUT2D eigenvalue weighted by Crippen LogP contribution is 2.42. The fourth-order valence-electron chi connectivity index (χ4n) is 5.05. The molecule has 3 aromatic rings. The van der Waals surface area contributed by atoms with E-state index < -0.39 is 15.9 Å². The van der Waals surface area contributed by atoms with E-state index in [-0.39, 0.29) is 30.7 Å². The smallest absolute Gasteiger partial charge is 0.306 e. The number of carbonyl (C=O) groups is 1. The zero-order valence-electron chi connectivity index (χ0n) is 23.6. The van der Waals surface area contributed by atoms with E-state index >= 15 is 0 Å². The molecule has 0 fully saturated rings. The minimum atomic E-state index is -3.01. The number of aliphatic hydroxyl groups excluding tert-OH is 1. The third-order valence-electron chi connectivity index (χ3n) is 7.00. The molecule has 1 aliphatic heterocycles. The number of benzene rings is 3. The molecule has 0 unspecified atom stereocenters. The van der Waals surface area contributed by atoms with Crippen molar-refractivity contribution in [3.8, 4) is 28.4 Å². The molecule has 8 nitrogen and oxygen atoms in total. The second kappa shape index (κ2) is 13.4. The Balaban J connectivity index is 1.52. The van der Waals surface area contributed by atoms with Crippen molar-refractivity contribution < 1.29 is 37.3 Å². The number of ether oxygens (including phenoxy) is 4. The molecule has 0 saturated carbocycles. The van der Waals surface area contributed by atoms with E-state index in [1.54, 1.807) is 0 Å². The molecule has 0 aliphatic carbocycles. The third-order valence-corrected chi connectivity index (χ3v) is 8.87. The van der Waals surface area contributed by atoms with Crippen LogP contribution in [0.3, 0.4) is 0 Å². The summed E-state index contributed by atoms with van der Waals surface area (Å²) in [5.74, 6) is 1.71. The van der Waals surface area contributed by atoms with Gasteiger partial charge >= 0.3 is 5.97 Å². The Hall–Kier alpha value is -2.83. The lowest BCUT2D eigenvalue weighted by molar-refractivity contribution is -0.141. The van der Waals surface area contributed by atoms with E-state index in [0.717, 1.165) is 37.0 Å². The standard InChI is InChI=1S/C31H35IO8S/c1-19-11-24(38-9-6-10-41(4,35)36)12-20(2)31(19)22-8-5-7-21(13-22)29(17-33)40-28-16-27-25(15-26(28)32)23(18-39-27)14-30(34)37-3/h5,7-8,11-13,15-16,23,29,33H,6,9-10,14,17-18H2,1-4H3/t23-,29+/m1/s1. The molecule has 10 heteroatoms. The van der Waals surface area contributed by atoms with Gasteiger partial charge in [0, 0.05) is 23.8 Å². The van der Waals surface area contributed by atoms with Gasteiger partial charge in [-0.2, -0.15) is 0 Å². The topological polar surface area (TPSA) is 108 Å². The summed E-state index contributed by atoms with van der Waals surface area (Å²) < 4.78 is 46.4. The van der Waals surface area contributed by atoms with Crippen LogP contribution in [0.1, 0.15) is 47.1 Å². The van der Waals surface area contributed by atoms with E-state index in [2.05, 4.69) is 22.6 Å². The summed E-state index contributed by atoms with van der Waals surface area (Å²) in [5, 5.41) is 10.3. The Bertz CT molecular complexity index is 1500. The minimum absolute atomic E-state index is 0.0684. The van der Waals surface area contributed by atoms with Crippen molar-refractivity contribution in [1.82, 2.24) is 0 Å². The SMILES string of the molecule is COC(=O)C[C@@H]1COc2cc(O[C@@H](CO)c3cccc(-c4c(C)cc(OCCCS(C)(=O)=O)cc4C)c3)c(I)cc21. The summed E-state index contributed by atoms with van der Waals surface area (Å²) in [4.78, 5) is 11.8. The molecule has 41 heavy (non-hydrogen) atoms. The molecule has 0 aromatic heterocycles. The van der Waals surface area contributed by atoms with E-state index in [1.165, 1.54) is 13.4 Å². The van der Waals surface area contributed by atoms with E-state index in [0.29, 0.717) is 36.9 Å². The highest BCUT2D eigenvalue weighted by Gasteiger charge is 2.29. The normalized spacial score (nSPS) is 15.1. The quantitative estimate of drug-likeness (QED) is 0.150. The summed E-state index contributed by atoms with van der Waals surface area (Å²) in [6.45, 7) is 4.53. The highest BCUT2D eigenvalue weighted by atomic mass is 127. The number of hydrogen-bond acceptors (Lipinski definition) is 8. The molecular weight excluding hydrogens is 659 g/mol. The number of sulfone groups is 1. The second-order valence-corrected chi connectivity index (χ2v) is 13.7. The fourth-order valence-corrected chi connectivity index (χ4v) is 6.31. The van der Waals surface area contributed by atoms with Crippen LogP contribution in [0.2, 0.25) is 0 Å². The summed E-state index contributed by atoms with van der Waals surface area (Å²) in [7, 11) is -1.64. The molecule has 1 N–H and O–H groups in total. The summed E-state index contributed by atoms with van der Waals surface area (Å²) >= 11 is 2.20. The van der Waals surface area contributed by atoms with Gasteiger partial charge in [0.25, 0.3) is 0 Å². The summed E-state index contributed by atoms with van der Waals surface area (Å²) in [6.07, 6.45) is 1.31. The van der Waals surface area contributed by atoms with E-state index in [4.69, 9.17) is 18.9 Å². The Labute approximate surface area is 255 Å². The van der Waals surface area contributed by atoms with Crippen molar-refractivity contribution >= 4 is 38.4 Å². The second-order valence-electron chi connectivity index (χ2n) is 10.3. The van der Waals surface area contributed by atoms with Crippen molar-refractivity contribution in [2.75, 3.05) is 38.9 Å². The fraction of sp³-hybridized carbons (Fsp3) is 0.387. The molecule has 4 rings (SSSR count). The zero-order chi connectivity index (χ0) is 29.7. The molecule has 0 bridgehead atoms. The van der Waals surface area contributed by atoms with Gasteiger partial charge in [0.2, 0.25) is 0 Å². The maximum atomic E-state index is 11.8. The van der Waals surface area contributed by atoms with Gasteiger partial charge in [0.05, 0.1) is 42.7 Å². The van der Waals surface area contributed by atoms with Gasteiger partial charge in [-0.05, 0) is 94.9 Å². The molecule has 0 radical (unpaired) electrons. The van der Waals surface area contributed by atoms with Crippen LogP contribution in [0.15, 0.2) is 48.5 Å². The van der Waals surface area contributed by atoms with Crippen molar-refractivity contribution in [2.24, 2.45) is 0 Å². The Morgan fingerprint density at radius 3 is 2.54 bits per heavy atom. The van der Waals surface area contributed by atoms with Gasteiger partial charge in [0.1, 0.15) is 33.2 Å². The van der Waals surface area contributed by atoms with Gasteiger partial charge in [-0.25, -0.2) is 8.42 Å². The first-order valence-corrected chi connectivity index (χ1v) is 16.5. The lowest BCUT2D eigenvalue weighted by atomic mass is 9.93. The predicted octanol–water partition coefficient (Wildman–Crippen LogP) is 5.54. The number of hydrogen-bond donors (Lipinski definition) is 1. The number of halogens is 1. The van der Waals surface area contributed by atoms with Crippen molar-refractivity contribution in [2.45, 2.75) is 38.7 Å². The van der Waals surface area contributed by atoms with Crippen LogP contribution in [0, 0.1) is 17.4 Å². The number of rotatable bonds is 12.